The molecule has 0 unspecified atom stereocenters. The fourth-order valence-electron chi connectivity index (χ4n) is 2.76. The molecule has 2 aromatic rings. The number of benzene rings is 2. The second-order valence-corrected chi connectivity index (χ2v) is 5.91. The summed E-state index contributed by atoms with van der Waals surface area (Å²) >= 11 is 5.86. The Kier molecular flexibility index (Phi) is 4.76. The second kappa shape index (κ2) is 6.95. The van der Waals surface area contributed by atoms with Gasteiger partial charge >= 0.3 is 0 Å². The molecule has 0 bridgehead atoms. The summed E-state index contributed by atoms with van der Waals surface area (Å²) in [5, 5.41) is 4.05. The Balaban J connectivity index is 1.46. The average Bonchev–Trinajstić information content (AvgIpc) is 2.97. The topological polar surface area (TPSA) is 32.3 Å². The van der Waals surface area contributed by atoms with Crippen LogP contribution in [0.3, 0.4) is 0 Å². The van der Waals surface area contributed by atoms with Gasteiger partial charge in [0.25, 0.3) is 0 Å². The van der Waals surface area contributed by atoms with Crippen LogP contribution in [0, 0.1) is 0 Å². The van der Waals surface area contributed by atoms with Crippen LogP contribution in [0.1, 0.15) is 17.5 Å². The van der Waals surface area contributed by atoms with E-state index in [-0.39, 0.29) is 5.91 Å². The lowest BCUT2D eigenvalue weighted by atomic mass is 10.2. The van der Waals surface area contributed by atoms with Crippen molar-refractivity contribution in [3.8, 4) is 0 Å². The molecule has 1 amide bonds. The van der Waals surface area contributed by atoms with Gasteiger partial charge in [-0.2, -0.15) is 0 Å². The third kappa shape index (κ3) is 3.49. The first-order valence-corrected chi connectivity index (χ1v) is 7.95. The van der Waals surface area contributed by atoms with E-state index in [1.165, 1.54) is 11.1 Å². The summed E-state index contributed by atoms with van der Waals surface area (Å²) in [7, 11) is 0. The van der Waals surface area contributed by atoms with Crippen LogP contribution in [0.25, 0.3) is 0 Å². The van der Waals surface area contributed by atoms with Crippen molar-refractivity contribution in [1.29, 1.82) is 0 Å². The molecule has 2 aromatic carbocycles. The molecule has 114 valence electrons. The fourth-order valence-corrected chi connectivity index (χ4v) is 2.89. The minimum Gasteiger partial charge on any atom is -0.312 e. The van der Waals surface area contributed by atoms with E-state index in [1.54, 1.807) is 0 Å². The number of anilines is 1. The maximum Gasteiger partial charge on any atom is 0.228 e. The van der Waals surface area contributed by atoms with Crippen molar-refractivity contribution in [2.75, 3.05) is 18.0 Å². The number of hydrogen-bond acceptors (Lipinski definition) is 2. The molecule has 1 N–H and O–H groups in total. The predicted molar refractivity (Wildman–Crippen MR) is 90.3 cm³/mol. The minimum absolute atomic E-state index is 0.188. The Morgan fingerprint density at radius 2 is 1.91 bits per heavy atom. The molecule has 22 heavy (non-hydrogen) atoms. The zero-order chi connectivity index (χ0) is 15.4. The minimum atomic E-state index is 0.188. The first-order valence-electron chi connectivity index (χ1n) is 7.57. The molecule has 1 aliphatic rings. The number of nitrogens with zero attached hydrogens (tertiary/aromatic N) is 1. The Morgan fingerprint density at radius 3 is 2.73 bits per heavy atom. The van der Waals surface area contributed by atoms with Gasteiger partial charge in [-0.05, 0) is 35.7 Å². The lowest BCUT2D eigenvalue weighted by Gasteiger charge is -2.17. The highest BCUT2D eigenvalue weighted by atomic mass is 35.5. The summed E-state index contributed by atoms with van der Waals surface area (Å²) < 4.78 is 0. The van der Waals surface area contributed by atoms with E-state index >= 15 is 0 Å². The molecule has 0 fully saturated rings. The summed E-state index contributed by atoms with van der Waals surface area (Å²) in [4.78, 5) is 14.2. The molecule has 3 nitrogen and oxygen atoms in total. The smallest absolute Gasteiger partial charge is 0.228 e. The van der Waals surface area contributed by atoms with Crippen molar-refractivity contribution in [2.45, 2.75) is 19.4 Å². The Labute approximate surface area is 135 Å². The summed E-state index contributed by atoms with van der Waals surface area (Å²) in [6.45, 7) is 2.23. The SMILES string of the molecule is O=C(CCNCc1ccc(Cl)cc1)N1CCc2ccccc21. The van der Waals surface area contributed by atoms with E-state index in [4.69, 9.17) is 11.6 Å². The van der Waals surface area contributed by atoms with E-state index in [0.717, 1.165) is 30.2 Å². The van der Waals surface area contributed by atoms with Gasteiger partial charge in [-0.1, -0.05) is 41.9 Å². The van der Waals surface area contributed by atoms with Gasteiger partial charge in [0, 0.05) is 36.8 Å². The van der Waals surface area contributed by atoms with Gasteiger partial charge in [-0.25, -0.2) is 0 Å². The van der Waals surface area contributed by atoms with Gasteiger partial charge in [0.15, 0.2) is 0 Å². The number of amides is 1. The summed E-state index contributed by atoms with van der Waals surface area (Å²) in [5.74, 6) is 0.188. The van der Waals surface area contributed by atoms with Crippen LogP contribution < -0.4 is 10.2 Å². The molecule has 0 atom stereocenters. The number of carbonyl (C=O) groups excluding carboxylic acids is 1. The summed E-state index contributed by atoms with van der Waals surface area (Å²) in [5.41, 5.74) is 3.51. The number of fused-ring (bicyclic) bond motifs is 1. The van der Waals surface area contributed by atoms with Crippen LogP contribution >= 0.6 is 11.6 Å². The van der Waals surface area contributed by atoms with Crippen LogP contribution in [0.15, 0.2) is 48.5 Å². The summed E-state index contributed by atoms with van der Waals surface area (Å²) in [6.07, 6.45) is 1.47. The second-order valence-electron chi connectivity index (χ2n) is 5.48. The highest BCUT2D eigenvalue weighted by Gasteiger charge is 2.23. The zero-order valence-corrected chi connectivity index (χ0v) is 13.1. The number of hydrogen-bond donors (Lipinski definition) is 1. The van der Waals surface area contributed by atoms with Gasteiger partial charge in [-0.15, -0.1) is 0 Å². The third-order valence-electron chi connectivity index (χ3n) is 3.95. The van der Waals surface area contributed by atoms with E-state index in [2.05, 4.69) is 11.4 Å². The van der Waals surface area contributed by atoms with Crippen LogP contribution in [-0.2, 0) is 17.8 Å². The van der Waals surface area contributed by atoms with Crippen molar-refractivity contribution in [2.24, 2.45) is 0 Å². The molecule has 1 aliphatic heterocycles. The van der Waals surface area contributed by atoms with Gasteiger partial charge in [0.05, 0.1) is 0 Å². The van der Waals surface area contributed by atoms with Crippen LogP contribution in [-0.4, -0.2) is 19.0 Å². The molecular weight excluding hydrogens is 296 g/mol. The molecule has 0 saturated carbocycles. The number of rotatable bonds is 5. The van der Waals surface area contributed by atoms with E-state index < -0.39 is 0 Å². The van der Waals surface area contributed by atoms with Crippen molar-refractivity contribution < 1.29 is 4.79 Å². The normalized spacial score (nSPS) is 13.2. The monoisotopic (exact) mass is 314 g/mol. The highest BCUT2D eigenvalue weighted by Crippen LogP contribution is 2.27. The lowest BCUT2D eigenvalue weighted by molar-refractivity contribution is -0.118. The third-order valence-corrected chi connectivity index (χ3v) is 4.20. The molecule has 0 aliphatic carbocycles. The quantitative estimate of drug-likeness (QED) is 0.858. The van der Waals surface area contributed by atoms with Gasteiger partial charge in [0.2, 0.25) is 5.91 Å². The van der Waals surface area contributed by atoms with Crippen LogP contribution in [0.5, 0.6) is 0 Å². The summed E-state index contributed by atoms with van der Waals surface area (Å²) in [6, 6.07) is 15.9. The van der Waals surface area contributed by atoms with Crippen LogP contribution in [0.2, 0.25) is 5.02 Å². The number of para-hydroxylation sites is 1. The van der Waals surface area contributed by atoms with E-state index in [9.17, 15) is 4.79 Å². The molecule has 1 heterocycles. The van der Waals surface area contributed by atoms with Crippen molar-refractivity contribution in [3.63, 3.8) is 0 Å². The Hall–Kier alpha value is -1.84. The molecular formula is C18H19ClN2O. The Bertz CT molecular complexity index is 654. The van der Waals surface area contributed by atoms with E-state index in [0.29, 0.717) is 13.0 Å². The fraction of sp³-hybridized carbons (Fsp3) is 0.278. The number of halogens is 1. The largest absolute Gasteiger partial charge is 0.312 e. The lowest BCUT2D eigenvalue weighted by Crippen LogP contribution is -2.31. The highest BCUT2D eigenvalue weighted by molar-refractivity contribution is 6.30. The first-order chi connectivity index (χ1) is 10.7. The molecule has 0 saturated heterocycles. The molecule has 3 rings (SSSR count). The molecule has 0 radical (unpaired) electrons. The van der Waals surface area contributed by atoms with Crippen molar-refractivity contribution >= 4 is 23.2 Å². The average molecular weight is 315 g/mol. The number of nitrogens with one attached hydrogen (secondary N) is 1. The molecule has 4 heteroatoms. The van der Waals surface area contributed by atoms with E-state index in [1.807, 2.05) is 47.4 Å². The predicted octanol–water partition coefficient (Wildman–Crippen LogP) is 3.41. The van der Waals surface area contributed by atoms with Gasteiger partial charge in [0.1, 0.15) is 0 Å². The number of carbonyl (C=O) groups is 1. The van der Waals surface area contributed by atoms with Gasteiger partial charge in [-0.3, -0.25) is 4.79 Å². The zero-order valence-electron chi connectivity index (χ0n) is 12.4. The molecule has 0 aromatic heterocycles. The van der Waals surface area contributed by atoms with Crippen molar-refractivity contribution in [3.05, 3.63) is 64.7 Å². The standard InChI is InChI=1S/C18H19ClN2O/c19-16-7-5-14(6-8-16)13-20-11-9-18(22)21-12-10-15-3-1-2-4-17(15)21/h1-8,20H,9-13H2. The maximum atomic E-state index is 12.3. The Morgan fingerprint density at radius 1 is 1.14 bits per heavy atom. The molecule has 0 spiro atoms. The van der Waals surface area contributed by atoms with Gasteiger partial charge < -0.3 is 10.2 Å². The maximum absolute atomic E-state index is 12.3. The first kappa shape index (κ1) is 15.1. The van der Waals surface area contributed by atoms with Crippen LogP contribution in [0.4, 0.5) is 5.69 Å². The van der Waals surface area contributed by atoms with Crippen molar-refractivity contribution in [1.82, 2.24) is 5.32 Å².